The highest BCUT2D eigenvalue weighted by atomic mass is 16.5. The van der Waals surface area contributed by atoms with Gasteiger partial charge in [0.15, 0.2) is 0 Å². The Hall–Kier alpha value is -6.00. The lowest BCUT2D eigenvalue weighted by Gasteiger charge is -2.28. The summed E-state index contributed by atoms with van der Waals surface area (Å²) in [5.74, 6) is 2.17. The minimum atomic E-state index is -0.191. The first kappa shape index (κ1) is 47.9. The quantitative estimate of drug-likeness (QED) is 0.160. The highest BCUT2D eigenvalue weighted by Gasteiger charge is 2.28. The molecule has 0 amide bonds. The molecule has 6 aromatic carbocycles. The molecule has 0 fully saturated rings. The maximum Gasteiger partial charge on any atom is 0.126 e. The number of fused-ring (bicyclic) bond motifs is 8. The molecule has 1 aliphatic rings. The summed E-state index contributed by atoms with van der Waals surface area (Å²) in [6, 6.07) is 38.4. The first-order valence-corrected chi connectivity index (χ1v) is 23.8. The molecule has 0 saturated heterocycles. The number of rotatable bonds is 8. The Morgan fingerprint density at radius 2 is 0.621 bits per heavy atom. The van der Waals surface area contributed by atoms with E-state index in [9.17, 15) is 10.2 Å². The van der Waals surface area contributed by atoms with Crippen molar-refractivity contribution in [2.45, 2.75) is 130 Å². The predicted molar refractivity (Wildman–Crippen MR) is 277 cm³/mol. The van der Waals surface area contributed by atoms with Gasteiger partial charge < -0.3 is 19.7 Å². The van der Waals surface area contributed by atoms with Gasteiger partial charge in [-0.3, -0.25) is 0 Å². The van der Waals surface area contributed by atoms with Crippen LogP contribution in [-0.4, -0.2) is 23.4 Å². The summed E-state index contributed by atoms with van der Waals surface area (Å²) in [6.45, 7) is 27.6. The zero-order valence-electron chi connectivity index (χ0n) is 41.7. The van der Waals surface area contributed by atoms with E-state index in [1.165, 1.54) is 11.1 Å². The van der Waals surface area contributed by atoms with Gasteiger partial charge in [-0.05, 0) is 112 Å². The number of aromatic hydroxyl groups is 2. The smallest absolute Gasteiger partial charge is 0.126 e. The van der Waals surface area contributed by atoms with E-state index in [4.69, 9.17) is 9.47 Å². The van der Waals surface area contributed by atoms with Crippen LogP contribution < -0.4 is 9.47 Å². The largest absolute Gasteiger partial charge is 0.507 e. The molecule has 0 unspecified atom stereocenters. The summed E-state index contributed by atoms with van der Waals surface area (Å²) in [6.07, 6.45) is 10.1. The van der Waals surface area contributed by atoms with Gasteiger partial charge in [0.05, 0.1) is 0 Å². The third kappa shape index (κ3) is 11.5. The summed E-state index contributed by atoms with van der Waals surface area (Å²) >= 11 is 0. The fourth-order valence-electron chi connectivity index (χ4n) is 8.78. The van der Waals surface area contributed by atoms with Gasteiger partial charge in [-0.1, -0.05) is 204 Å². The highest BCUT2D eigenvalue weighted by Crippen LogP contribution is 2.44. The van der Waals surface area contributed by atoms with Gasteiger partial charge in [0, 0.05) is 25.7 Å². The molecule has 4 nitrogen and oxygen atoms in total. The van der Waals surface area contributed by atoms with Crippen LogP contribution in [0.1, 0.15) is 161 Å². The van der Waals surface area contributed by atoms with Crippen LogP contribution in [0.3, 0.4) is 0 Å². The van der Waals surface area contributed by atoms with E-state index in [2.05, 4.69) is 180 Å². The third-order valence-electron chi connectivity index (χ3n) is 12.9. The molecule has 0 heterocycles. The molecular weight excluding hydrogens is 809 g/mol. The Bertz CT molecular complexity index is 2440. The van der Waals surface area contributed by atoms with E-state index in [0.29, 0.717) is 50.4 Å². The maximum absolute atomic E-state index is 12.6. The zero-order chi connectivity index (χ0) is 47.6. The van der Waals surface area contributed by atoms with Crippen LogP contribution in [0.2, 0.25) is 0 Å². The number of benzene rings is 6. The monoisotopic (exact) mass is 881 g/mol. The molecule has 0 radical (unpaired) electrons. The van der Waals surface area contributed by atoms with E-state index in [-0.39, 0.29) is 21.7 Å². The van der Waals surface area contributed by atoms with Gasteiger partial charge in [-0.15, -0.1) is 0 Å². The van der Waals surface area contributed by atoms with Crippen molar-refractivity contribution in [1.82, 2.24) is 0 Å². The molecule has 8 bridgehead atoms. The number of hydrogen-bond donors (Lipinski definition) is 2. The second kappa shape index (κ2) is 19.1. The second-order valence-electron chi connectivity index (χ2n) is 22.5. The fraction of sp³-hybridized carbons (Fsp3) is 0.355. The average Bonchev–Trinajstić information content (AvgIpc) is 3.23. The topological polar surface area (TPSA) is 58.9 Å². The van der Waals surface area contributed by atoms with Gasteiger partial charge in [-0.25, -0.2) is 0 Å². The number of phenols is 2. The molecule has 344 valence electrons. The fourth-order valence-corrected chi connectivity index (χ4v) is 8.78. The van der Waals surface area contributed by atoms with E-state index >= 15 is 0 Å². The van der Waals surface area contributed by atoms with Crippen LogP contribution in [0, 0.1) is 0 Å². The molecule has 0 aromatic heterocycles. The second-order valence-corrected chi connectivity index (χ2v) is 22.5. The van der Waals surface area contributed by atoms with Crippen molar-refractivity contribution < 1.29 is 19.7 Å². The maximum atomic E-state index is 12.6. The van der Waals surface area contributed by atoms with Crippen LogP contribution in [0.5, 0.6) is 23.0 Å². The lowest BCUT2D eigenvalue weighted by molar-refractivity contribution is 0.355. The zero-order valence-corrected chi connectivity index (χ0v) is 41.7. The Labute approximate surface area is 396 Å². The van der Waals surface area contributed by atoms with E-state index in [0.717, 1.165) is 78.3 Å². The molecule has 7 rings (SSSR count). The van der Waals surface area contributed by atoms with Crippen LogP contribution in [0.25, 0.3) is 12.2 Å². The van der Waals surface area contributed by atoms with Crippen molar-refractivity contribution in [2.75, 3.05) is 13.2 Å². The van der Waals surface area contributed by atoms with Gasteiger partial charge >= 0.3 is 0 Å². The summed E-state index contributed by atoms with van der Waals surface area (Å²) in [4.78, 5) is 0. The molecular formula is C62H72O4. The van der Waals surface area contributed by atoms with Crippen molar-refractivity contribution in [3.63, 3.8) is 0 Å². The van der Waals surface area contributed by atoms with Gasteiger partial charge in [0.2, 0.25) is 0 Å². The predicted octanol–water partition coefficient (Wildman–Crippen LogP) is 15.1. The molecule has 1 aliphatic carbocycles. The van der Waals surface area contributed by atoms with Crippen molar-refractivity contribution in [1.29, 1.82) is 0 Å². The van der Waals surface area contributed by atoms with Crippen LogP contribution in [-0.2, 0) is 47.3 Å². The van der Waals surface area contributed by atoms with Crippen molar-refractivity contribution >= 4 is 12.2 Å². The first-order valence-electron chi connectivity index (χ1n) is 23.8. The van der Waals surface area contributed by atoms with E-state index < -0.39 is 0 Å². The SMILES string of the molecule is CC(C)(C)c1cc2c(O)c(c1)Cc1cc(C(C)(C)C)cc(c1OCC=Cc1ccccc1)Cc1cc(C(C)(C)C)cc(c1O)Cc1cc(C(C)(C)C)cc(c1OCC=Cc1ccccc1)C2. The van der Waals surface area contributed by atoms with Gasteiger partial charge in [-0.2, -0.15) is 0 Å². The van der Waals surface area contributed by atoms with Crippen molar-refractivity contribution in [2.24, 2.45) is 0 Å². The average molecular weight is 881 g/mol. The van der Waals surface area contributed by atoms with E-state index in [1.807, 2.05) is 36.4 Å². The van der Waals surface area contributed by atoms with E-state index in [1.54, 1.807) is 0 Å². The van der Waals surface area contributed by atoms with Crippen molar-refractivity contribution in [3.05, 3.63) is 199 Å². The van der Waals surface area contributed by atoms with Crippen LogP contribution >= 0.6 is 0 Å². The minimum Gasteiger partial charge on any atom is -0.507 e. The Morgan fingerprint density at radius 3 is 0.864 bits per heavy atom. The van der Waals surface area contributed by atoms with Gasteiger partial charge in [0.25, 0.3) is 0 Å². The molecule has 6 aromatic rings. The van der Waals surface area contributed by atoms with Crippen molar-refractivity contribution in [3.8, 4) is 23.0 Å². The Balaban J connectivity index is 1.50. The Kier molecular flexibility index (Phi) is 13.9. The minimum absolute atomic E-state index is 0.183. The van der Waals surface area contributed by atoms with Crippen LogP contribution in [0.15, 0.2) is 121 Å². The molecule has 0 atom stereocenters. The van der Waals surface area contributed by atoms with Gasteiger partial charge in [0.1, 0.15) is 36.2 Å². The normalized spacial score (nSPS) is 13.6. The third-order valence-corrected chi connectivity index (χ3v) is 12.9. The first-order chi connectivity index (χ1) is 31.0. The summed E-state index contributed by atoms with van der Waals surface area (Å²) in [5.41, 5.74) is 13.5. The lowest BCUT2D eigenvalue weighted by Crippen LogP contribution is -2.16. The molecule has 0 spiro atoms. The molecule has 2 N–H and O–H groups in total. The molecule has 0 saturated carbocycles. The standard InChI is InChI=1S/C62H72O4/c1-59(2,3)51-33-43-29-47-37-53(61(7,8)9)39-49(57(47)65-27-19-25-41-21-15-13-16-22-41)31-45-35-52(60(4,5)6)36-46(56(45)64)32-50-40-54(62(10,11)12)38-48(30-44(34-51)55(43)63)58(50)66-28-20-26-42-23-17-14-18-24-42/h13-26,33-40,63-64H,27-32H2,1-12H3. The van der Waals surface area contributed by atoms with Crippen LogP contribution in [0.4, 0.5) is 0 Å². The molecule has 66 heavy (non-hydrogen) atoms. The highest BCUT2D eigenvalue weighted by molar-refractivity contribution is 5.60. The lowest BCUT2D eigenvalue weighted by atomic mass is 9.79. The molecule has 4 heteroatoms. The summed E-state index contributed by atoms with van der Waals surface area (Å²) in [7, 11) is 0. The summed E-state index contributed by atoms with van der Waals surface area (Å²) in [5, 5.41) is 25.3. The number of hydrogen-bond acceptors (Lipinski definition) is 4. The number of ether oxygens (including phenoxy) is 2. The Morgan fingerprint density at radius 1 is 0.379 bits per heavy atom. The summed E-state index contributed by atoms with van der Waals surface area (Å²) < 4.78 is 13.8. The number of phenolic OH excluding ortho intramolecular Hbond substituents is 2. The molecule has 0 aliphatic heterocycles.